The van der Waals surface area contributed by atoms with Gasteiger partial charge in [-0.25, -0.2) is 0 Å². The number of hydrogen-bond donors (Lipinski definition) is 3. The fraction of sp³-hybridized carbons (Fsp3) is 0.400. The third kappa shape index (κ3) is 3.59. The lowest BCUT2D eigenvalue weighted by molar-refractivity contribution is -0.142. The lowest BCUT2D eigenvalue weighted by Gasteiger charge is -2.15. The van der Waals surface area contributed by atoms with Gasteiger partial charge in [-0.05, 0) is 18.4 Å². The number of hydrogen-bond acceptors (Lipinski definition) is 3. The van der Waals surface area contributed by atoms with Gasteiger partial charge in [0.25, 0.3) is 5.91 Å². The fourth-order valence-electron chi connectivity index (χ4n) is 2.31. The molecule has 1 heterocycles. The van der Waals surface area contributed by atoms with Crippen LogP contribution in [0.4, 0.5) is 0 Å². The molecule has 6 heteroatoms. The second-order valence-corrected chi connectivity index (χ2v) is 5.51. The smallest absolute Gasteiger partial charge is 0.308 e. The number of fused-ring (bicyclic) bond motifs is 1. The molecular weight excluding hydrogens is 270 g/mol. The number of carboxylic acids is 1. The van der Waals surface area contributed by atoms with Gasteiger partial charge < -0.3 is 10.4 Å². The predicted octanol–water partition coefficient (Wildman–Crippen LogP) is 2.04. The summed E-state index contributed by atoms with van der Waals surface area (Å²) in [4.78, 5) is 23.4. The number of benzene rings is 1. The average molecular weight is 289 g/mol. The van der Waals surface area contributed by atoms with Gasteiger partial charge in [0.05, 0.1) is 23.2 Å². The lowest BCUT2D eigenvalue weighted by Crippen LogP contribution is -2.33. The molecule has 0 saturated carbocycles. The second kappa shape index (κ2) is 6.39. The standard InChI is InChI=1S/C15H19N3O3/c1-9(2)6-11(15(20)21)7-16-14(19)12-5-3-4-10-8-17-18-13(10)12/h3-5,8-9,11H,6-7H2,1-2H3,(H,16,19)(H,17,18)(H,20,21). The van der Waals surface area contributed by atoms with Gasteiger partial charge in [-0.2, -0.15) is 5.10 Å². The molecule has 0 aliphatic carbocycles. The number of nitrogens with one attached hydrogen (secondary N) is 2. The number of para-hydroxylation sites is 1. The highest BCUT2D eigenvalue weighted by atomic mass is 16.4. The highest BCUT2D eigenvalue weighted by Gasteiger charge is 2.20. The van der Waals surface area contributed by atoms with Crippen molar-refractivity contribution in [1.29, 1.82) is 0 Å². The van der Waals surface area contributed by atoms with E-state index in [0.29, 0.717) is 17.5 Å². The van der Waals surface area contributed by atoms with Crippen molar-refractivity contribution in [2.24, 2.45) is 11.8 Å². The summed E-state index contributed by atoms with van der Waals surface area (Å²) in [6.45, 7) is 4.04. The molecule has 0 radical (unpaired) electrons. The first-order chi connectivity index (χ1) is 9.99. The summed E-state index contributed by atoms with van der Waals surface area (Å²) in [5.74, 6) is -1.49. The maximum Gasteiger partial charge on any atom is 0.308 e. The summed E-state index contributed by atoms with van der Waals surface area (Å²) in [6.07, 6.45) is 2.18. The molecule has 2 rings (SSSR count). The molecule has 112 valence electrons. The van der Waals surface area contributed by atoms with Crippen LogP contribution in [0, 0.1) is 11.8 Å². The summed E-state index contributed by atoms with van der Waals surface area (Å²) < 4.78 is 0. The third-order valence-electron chi connectivity index (χ3n) is 3.34. The molecule has 1 unspecified atom stereocenters. The number of amides is 1. The van der Waals surface area contributed by atoms with E-state index in [2.05, 4.69) is 15.5 Å². The number of nitrogens with zero attached hydrogens (tertiary/aromatic N) is 1. The normalized spacial score (nSPS) is 12.5. The van der Waals surface area contributed by atoms with E-state index < -0.39 is 11.9 Å². The monoisotopic (exact) mass is 289 g/mol. The molecule has 0 bridgehead atoms. The number of aromatic nitrogens is 2. The van der Waals surface area contributed by atoms with E-state index in [9.17, 15) is 14.7 Å². The molecule has 21 heavy (non-hydrogen) atoms. The van der Waals surface area contributed by atoms with Gasteiger partial charge in [0.2, 0.25) is 0 Å². The van der Waals surface area contributed by atoms with Gasteiger partial charge in [0.15, 0.2) is 0 Å². The lowest BCUT2D eigenvalue weighted by atomic mass is 9.97. The molecule has 0 fully saturated rings. The number of aromatic amines is 1. The summed E-state index contributed by atoms with van der Waals surface area (Å²) in [5, 5.41) is 19.4. The van der Waals surface area contributed by atoms with E-state index in [4.69, 9.17) is 0 Å². The van der Waals surface area contributed by atoms with Crippen molar-refractivity contribution in [3.8, 4) is 0 Å². The van der Waals surface area contributed by atoms with Gasteiger partial charge in [0.1, 0.15) is 0 Å². The predicted molar refractivity (Wildman–Crippen MR) is 79.0 cm³/mol. The van der Waals surface area contributed by atoms with Crippen molar-refractivity contribution in [3.05, 3.63) is 30.0 Å². The minimum Gasteiger partial charge on any atom is -0.481 e. The summed E-state index contributed by atoms with van der Waals surface area (Å²) >= 11 is 0. The summed E-state index contributed by atoms with van der Waals surface area (Å²) in [5.41, 5.74) is 1.13. The Labute approximate surface area is 122 Å². The average Bonchev–Trinajstić information content (AvgIpc) is 2.90. The van der Waals surface area contributed by atoms with Crippen molar-refractivity contribution in [3.63, 3.8) is 0 Å². The summed E-state index contributed by atoms with van der Waals surface area (Å²) in [7, 11) is 0. The van der Waals surface area contributed by atoms with Crippen molar-refractivity contribution >= 4 is 22.8 Å². The first kappa shape index (κ1) is 15.0. The minimum atomic E-state index is -0.885. The second-order valence-electron chi connectivity index (χ2n) is 5.51. The Balaban J connectivity index is 2.07. The van der Waals surface area contributed by atoms with Crippen LogP contribution >= 0.6 is 0 Å². The zero-order valence-electron chi connectivity index (χ0n) is 12.1. The van der Waals surface area contributed by atoms with Crippen LogP contribution in [0.2, 0.25) is 0 Å². The van der Waals surface area contributed by atoms with Gasteiger partial charge in [0, 0.05) is 11.9 Å². The van der Waals surface area contributed by atoms with Crippen molar-refractivity contribution < 1.29 is 14.7 Å². The van der Waals surface area contributed by atoms with Crippen LogP contribution in [0.1, 0.15) is 30.6 Å². The van der Waals surface area contributed by atoms with Crippen LogP contribution in [-0.2, 0) is 4.79 Å². The fourth-order valence-corrected chi connectivity index (χ4v) is 2.31. The minimum absolute atomic E-state index is 0.122. The molecule has 1 aromatic carbocycles. The van der Waals surface area contributed by atoms with E-state index in [-0.39, 0.29) is 18.4 Å². The van der Waals surface area contributed by atoms with Crippen molar-refractivity contribution in [2.75, 3.05) is 6.54 Å². The Kier molecular flexibility index (Phi) is 4.57. The van der Waals surface area contributed by atoms with Crippen molar-refractivity contribution in [1.82, 2.24) is 15.5 Å². The number of H-pyrrole nitrogens is 1. The van der Waals surface area contributed by atoms with E-state index in [0.717, 1.165) is 5.39 Å². The molecule has 0 saturated heterocycles. The zero-order chi connectivity index (χ0) is 15.4. The van der Waals surface area contributed by atoms with Crippen LogP contribution < -0.4 is 5.32 Å². The number of aliphatic carboxylic acids is 1. The first-order valence-corrected chi connectivity index (χ1v) is 6.92. The van der Waals surface area contributed by atoms with E-state index in [1.807, 2.05) is 19.9 Å². The molecule has 0 spiro atoms. The maximum atomic E-state index is 12.2. The van der Waals surface area contributed by atoms with Crippen LogP contribution in [-0.4, -0.2) is 33.7 Å². The molecule has 0 aliphatic rings. The Morgan fingerprint density at radius 3 is 2.81 bits per heavy atom. The molecule has 0 aliphatic heterocycles. The largest absolute Gasteiger partial charge is 0.481 e. The van der Waals surface area contributed by atoms with Gasteiger partial charge in [-0.1, -0.05) is 26.0 Å². The highest BCUT2D eigenvalue weighted by molar-refractivity contribution is 6.05. The zero-order valence-corrected chi connectivity index (χ0v) is 12.1. The topological polar surface area (TPSA) is 95.1 Å². The number of carboxylic acid groups (broad SMARTS) is 1. The van der Waals surface area contributed by atoms with E-state index in [1.54, 1.807) is 18.3 Å². The van der Waals surface area contributed by atoms with E-state index >= 15 is 0 Å². The van der Waals surface area contributed by atoms with E-state index in [1.165, 1.54) is 0 Å². The summed E-state index contributed by atoms with van der Waals surface area (Å²) in [6, 6.07) is 5.32. The Morgan fingerprint density at radius 2 is 2.14 bits per heavy atom. The van der Waals surface area contributed by atoms with Gasteiger partial charge in [-0.3, -0.25) is 14.7 Å². The van der Waals surface area contributed by atoms with Crippen LogP contribution in [0.25, 0.3) is 10.9 Å². The van der Waals surface area contributed by atoms with Gasteiger partial charge in [-0.15, -0.1) is 0 Å². The molecule has 1 atom stereocenters. The first-order valence-electron chi connectivity index (χ1n) is 6.92. The third-order valence-corrected chi connectivity index (χ3v) is 3.34. The van der Waals surface area contributed by atoms with Gasteiger partial charge >= 0.3 is 5.97 Å². The number of rotatable bonds is 6. The Morgan fingerprint density at radius 1 is 1.38 bits per heavy atom. The maximum absolute atomic E-state index is 12.2. The Hall–Kier alpha value is -2.37. The van der Waals surface area contributed by atoms with Crippen LogP contribution in [0.15, 0.2) is 24.4 Å². The number of carbonyl (C=O) groups is 2. The van der Waals surface area contributed by atoms with Crippen LogP contribution in [0.3, 0.4) is 0 Å². The molecule has 6 nitrogen and oxygen atoms in total. The molecule has 2 aromatic rings. The Bertz CT molecular complexity index is 648. The SMILES string of the molecule is CC(C)CC(CNC(=O)c1cccc2cn[nH]c12)C(=O)O. The van der Waals surface area contributed by atoms with Crippen LogP contribution in [0.5, 0.6) is 0 Å². The molecule has 3 N–H and O–H groups in total. The molecule has 1 aromatic heterocycles. The number of carbonyl (C=O) groups excluding carboxylic acids is 1. The highest BCUT2D eigenvalue weighted by Crippen LogP contribution is 2.16. The quantitative estimate of drug-likeness (QED) is 0.758. The molecular formula is C15H19N3O3. The van der Waals surface area contributed by atoms with Crippen molar-refractivity contribution in [2.45, 2.75) is 20.3 Å². The molecule has 1 amide bonds.